The fourth-order valence-electron chi connectivity index (χ4n) is 4.42. The summed E-state index contributed by atoms with van der Waals surface area (Å²) in [5.74, 6) is 1.72. The number of aryl methyl sites for hydroxylation is 2. The summed E-state index contributed by atoms with van der Waals surface area (Å²) in [4.78, 5) is 4.97. The minimum absolute atomic E-state index is 0.0608. The van der Waals surface area contributed by atoms with E-state index in [1.54, 1.807) is 7.11 Å². The molecule has 0 aliphatic carbocycles. The average Bonchev–Trinajstić information content (AvgIpc) is 3.26. The Morgan fingerprint density at radius 1 is 0.968 bits per heavy atom. The molecule has 164 valence electrons. The highest BCUT2D eigenvalue weighted by Crippen LogP contribution is 2.35. The van der Waals surface area contributed by atoms with Crippen molar-refractivity contribution in [1.29, 1.82) is 0 Å². The molecule has 0 N–H and O–H groups in total. The van der Waals surface area contributed by atoms with E-state index in [0.717, 1.165) is 43.3 Å². The third-order valence-electron chi connectivity index (χ3n) is 6.07. The molecule has 2 heterocycles. The second-order valence-electron chi connectivity index (χ2n) is 8.53. The molecule has 1 aliphatic rings. The standard InChI is InChI=1S/C24H32N6O/c1-17(2)30-24(25-26-27-30)23(20-8-6-7-9-22(20)31-5)29-14-12-28(13-15-29)21-16-18(3)10-11-19(21)4/h6-11,16-17,23H,12-15H2,1-5H3. The van der Waals surface area contributed by atoms with Crippen molar-refractivity contribution in [2.45, 2.75) is 39.8 Å². The lowest BCUT2D eigenvalue weighted by molar-refractivity contribution is 0.195. The number of hydrogen-bond acceptors (Lipinski definition) is 6. The summed E-state index contributed by atoms with van der Waals surface area (Å²) in [6.07, 6.45) is 0. The third kappa shape index (κ3) is 4.28. The monoisotopic (exact) mass is 420 g/mol. The molecule has 31 heavy (non-hydrogen) atoms. The van der Waals surface area contributed by atoms with Crippen molar-refractivity contribution >= 4 is 5.69 Å². The van der Waals surface area contributed by atoms with Crippen LogP contribution in [0.5, 0.6) is 5.75 Å². The normalized spacial score (nSPS) is 16.0. The number of tetrazole rings is 1. The molecule has 0 amide bonds. The van der Waals surface area contributed by atoms with Crippen LogP contribution in [0, 0.1) is 13.8 Å². The van der Waals surface area contributed by atoms with E-state index in [4.69, 9.17) is 4.74 Å². The number of hydrogen-bond donors (Lipinski definition) is 0. The van der Waals surface area contributed by atoms with Gasteiger partial charge in [-0.2, -0.15) is 0 Å². The summed E-state index contributed by atoms with van der Waals surface area (Å²) in [6.45, 7) is 12.3. The first-order valence-corrected chi connectivity index (χ1v) is 11.0. The maximum atomic E-state index is 5.72. The van der Waals surface area contributed by atoms with Crippen LogP contribution in [0.15, 0.2) is 42.5 Å². The van der Waals surface area contributed by atoms with Gasteiger partial charge in [0.1, 0.15) is 11.8 Å². The van der Waals surface area contributed by atoms with E-state index in [9.17, 15) is 0 Å². The van der Waals surface area contributed by atoms with Crippen molar-refractivity contribution in [3.8, 4) is 5.75 Å². The molecule has 1 atom stereocenters. The first-order chi connectivity index (χ1) is 15.0. The molecular formula is C24H32N6O. The Morgan fingerprint density at radius 3 is 2.42 bits per heavy atom. The Bertz CT molecular complexity index is 1020. The first kappa shape index (κ1) is 21.3. The van der Waals surface area contributed by atoms with E-state index in [0.29, 0.717) is 0 Å². The average molecular weight is 421 g/mol. The topological polar surface area (TPSA) is 59.3 Å². The lowest BCUT2D eigenvalue weighted by atomic mass is 10.0. The van der Waals surface area contributed by atoms with Gasteiger partial charge in [0.2, 0.25) is 0 Å². The third-order valence-corrected chi connectivity index (χ3v) is 6.07. The van der Waals surface area contributed by atoms with Gasteiger partial charge in [0, 0.05) is 37.4 Å². The fourth-order valence-corrected chi connectivity index (χ4v) is 4.42. The Hall–Kier alpha value is -2.93. The fraction of sp³-hybridized carbons (Fsp3) is 0.458. The second-order valence-corrected chi connectivity index (χ2v) is 8.53. The summed E-state index contributed by atoms with van der Waals surface area (Å²) in [5, 5.41) is 12.7. The van der Waals surface area contributed by atoms with Gasteiger partial charge in [0.05, 0.1) is 13.2 Å². The van der Waals surface area contributed by atoms with Gasteiger partial charge in [-0.15, -0.1) is 5.10 Å². The maximum Gasteiger partial charge on any atom is 0.173 e. The summed E-state index contributed by atoms with van der Waals surface area (Å²) in [5.41, 5.74) is 5.05. The zero-order valence-electron chi connectivity index (χ0n) is 19.1. The van der Waals surface area contributed by atoms with Crippen LogP contribution < -0.4 is 9.64 Å². The van der Waals surface area contributed by atoms with Crippen molar-refractivity contribution in [3.05, 3.63) is 65.0 Å². The quantitative estimate of drug-likeness (QED) is 0.605. The predicted molar refractivity (Wildman–Crippen MR) is 123 cm³/mol. The molecule has 0 bridgehead atoms. The van der Waals surface area contributed by atoms with Gasteiger partial charge in [-0.25, -0.2) is 4.68 Å². The summed E-state index contributed by atoms with van der Waals surface area (Å²) >= 11 is 0. The molecule has 1 aliphatic heterocycles. The number of piperazine rings is 1. The van der Waals surface area contributed by atoms with Gasteiger partial charge >= 0.3 is 0 Å². The van der Waals surface area contributed by atoms with Crippen LogP contribution in [0.1, 0.15) is 48.4 Å². The molecule has 7 heteroatoms. The van der Waals surface area contributed by atoms with Gasteiger partial charge in [0.15, 0.2) is 5.82 Å². The molecule has 1 unspecified atom stereocenters. The van der Waals surface area contributed by atoms with Crippen LogP contribution in [0.25, 0.3) is 0 Å². The minimum Gasteiger partial charge on any atom is -0.496 e. The van der Waals surface area contributed by atoms with E-state index in [2.05, 4.69) is 83.4 Å². The van der Waals surface area contributed by atoms with Crippen LogP contribution in [0.4, 0.5) is 5.69 Å². The van der Waals surface area contributed by atoms with Crippen molar-refractivity contribution in [1.82, 2.24) is 25.1 Å². The molecular weight excluding hydrogens is 388 g/mol. The molecule has 1 saturated heterocycles. The molecule has 0 spiro atoms. The highest BCUT2D eigenvalue weighted by molar-refractivity contribution is 5.55. The van der Waals surface area contributed by atoms with Crippen molar-refractivity contribution in [2.24, 2.45) is 0 Å². The smallest absolute Gasteiger partial charge is 0.173 e. The number of aromatic nitrogens is 4. The number of methoxy groups -OCH3 is 1. The van der Waals surface area contributed by atoms with E-state index in [-0.39, 0.29) is 12.1 Å². The number of ether oxygens (including phenoxy) is 1. The molecule has 1 fully saturated rings. The van der Waals surface area contributed by atoms with Crippen LogP contribution in [-0.2, 0) is 0 Å². The number of anilines is 1. The summed E-state index contributed by atoms with van der Waals surface area (Å²) in [7, 11) is 1.72. The molecule has 0 saturated carbocycles. The zero-order chi connectivity index (χ0) is 22.0. The van der Waals surface area contributed by atoms with Gasteiger partial charge in [-0.05, 0) is 61.4 Å². The maximum absolute atomic E-state index is 5.72. The van der Waals surface area contributed by atoms with Crippen molar-refractivity contribution in [2.75, 3.05) is 38.2 Å². The summed E-state index contributed by atoms with van der Waals surface area (Å²) < 4.78 is 7.64. The SMILES string of the molecule is COc1ccccc1C(c1nnnn1C(C)C)N1CCN(c2cc(C)ccc2C)CC1. The lowest BCUT2D eigenvalue weighted by Gasteiger charge is -2.40. The highest BCUT2D eigenvalue weighted by Gasteiger charge is 2.33. The Balaban J connectivity index is 1.66. The van der Waals surface area contributed by atoms with Crippen LogP contribution in [0.3, 0.4) is 0 Å². The molecule has 7 nitrogen and oxygen atoms in total. The van der Waals surface area contributed by atoms with Crippen LogP contribution in [0.2, 0.25) is 0 Å². The Morgan fingerprint density at radius 2 is 1.71 bits per heavy atom. The highest BCUT2D eigenvalue weighted by atomic mass is 16.5. The zero-order valence-corrected chi connectivity index (χ0v) is 19.1. The van der Waals surface area contributed by atoms with Gasteiger partial charge in [-0.3, -0.25) is 4.90 Å². The molecule has 4 rings (SSSR count). The second kappa shape index (κ2) is 9.06. The van der Waals surface area contributed by atoms with Crippen LogP contribution in [-0.4, -0.2) is 58.4 Å². The number of para-hydroxylation sites is 1. The molecule has 0 radical (unpaired) electrons. The van der Waals surface area contributed by atoms with E-state index in [1.165, 1.54) is 16.8 Å². The largest absolute Gasteiger partial charge is 0.496 e. The Labute approximate surface area is 184 Å². The van der Waals surface area contributed by atoms with Crippen LogP contribution >= 0.6 is 0 Å². The predicted octanol–water partition coefficient (Wildman–Crippen LogP) is 3.79. The Kier molecular flexibility index (Phi) is 6.23. The lowest BCUT2D eigenvalue weighted by Crippen LogP contribution is -2.48. The number of benzene rings is 2. The molecule has 3 aromatic rings. The number of nitrogens with zero attached hydrogens (tertiary/aromatic N) is 6. The van der Waals surface area contributed by atoms with E-state index < -0.39 is 0 Å². The molecule has 1 aromatic heterocycles. The van der Waals surface area contributed by atoms with Gasteiger partial charge in [-0.1, -0.05) is 30.3 Å². The first-order valence-electron chi connectivity index (χ1n) is 11.0. The van der Waals surface area contributed by atoms with Crippen molar-refractivity contribution < 1.29 is 4.74 Å². The molecule has 2 aromatic carbocycles. The van der Waals surface area contributed by atoms with E-state index >= 15 is 0 Å². The van der Waals surface area contributed by atoms with Gasteiger partial charge < -0.3 is 9.64 Å². The number of rotatable bonds is 6. The van der Waals surface area contributed by atoms with Crippen molar-refractivity contribution in [3.63, 3.8) is 0 Å². The van der Waals surface area contributed by atoms with E-state index in [1.807, 2.05) is 16.8 Å². The van der Waals surface area contributed by atoms with Gasteiger partial charge in [0.25, 0.3) is 0 Å². The summed E-state index contributed by atoms with van der Waals surface area (Å²) in [6, 6.07) is 15.0. The minimum atomic E-state index is -0.0608.